The third-order valence-electron chi connectivity index (χ3n) is 3.22. The second-order valence-corrected chi connectivity index (χ2v) is 4.43. The zero-order chi connectivity index (χ0) is 12.0. The Morgan fingerprint density at radius 1 is 1.47 bits per heavy atom. The Labute approximate surface area is 97.8 Å². The fourth-order valence-electron chi connectivity index (χ4n) is 2.32. The van der Waals surface area contributed by atoms with Crippen molar-refractivity contribution in [3.63, 3.8) is 0 Å². The maximum absolute atomic E-state index is 10.8. The molecule has 1 aromatic carbocycles. The first-order valence-corrected chi connectivity index (χ1v) is 5.52. The molecule has 0 saturated carbocycles. The summed E-state index contributed by atoms with van der Waals surface area (Å²) in [6.07, 6.45) is 0.869. The fraction of sp³-hybridized carbons (Fsp3) is 0.333. The molecular formula is C12H12N2O3. The van der Waals surface area contributed by atoms with Crippen molar-refractivity contribution in [3.8, 4) is 0 Å². The molecule has 3 rings (SSSR count). The van der Waals surface area contributed by atoms with Crippen LogP contribution < -0.4 is 0 Å². The minimum atomic E-state index is -0.370. The number of rotatable bonds is 1. The molecule has 0 fully saturated rings. The number of non-ortho nitro benzene ring substituents is 1. The Balaban J connectivity index is 2.21. The smallest absolute Gasteiger partial charge is 0.270 e. The van der Waals surface area contributed by atoms with Crippen LogP contribution in [0.4, 0.5) is 5.69 Å². The number of likely N-dealkylation sites (N-methyl/N-ethyl adjacent to an activating group) is 1. The molecule has 0 bridgehead atoms. The van der Waals surface area contributed by atoms with E-state index in [4.69, 9.17) is 4.42 Å². The molecule has 88 valence electrons. The van der Waals surface area contributed by atoms with Gasteiger partial charge in [-0.2, -0.15) is 0 Å². The summed E-state index contributed by atoms with van der Waals surface area (Å²) in [7, 11) is 2.04. The van der Waals surface area contributed by atoms with Crippen molar-refractivity contribution >= 4 is 16.7 Å². The quantitative estimate of drug-likeness (QED) is 0.559. The van der Waals surface area contributed by atoms with Crippen molar-refractivity contribution in [3.05, 3.63) is 39.6 Å². The fourth-order valence-corrected chi connectivity index (χ4v) is 2.32. The molecule has 0 unspecified atom stereocenters. The predicted molar refractivity (Wildman–Crippen MR) is 62.9 cm³/mol. The van der Waals surface area contributed by atoms with E-state index in [1.807, 2.05) is 7.05 Å². The van der Waals surface area contributed by atoms with Crippen molar-refractivity contribution in [2.45, 2.75) is 13.0 Å². The lowest BCUT2D eigenvalue weighted by atomic mass is 10.0. The first-order chi connectivity index (χ1) is 8.15. The SMILES string of the molecule is CN1CCc2oc3ccc([N+](=O)[O-])cc3c2C1. The largest absolute Gasteiger partial charge is 0.461 e. The van der Waals surface area contributed by atoms with E-state index >= 15 is 0 Å². The Bertz CT molecular complexity index is 603. The minimum absolute atomic E-state index is 0.120. The molecule has 17 heavy (non-hydrogen) atoms. The highest BCUT2D eigenvalue weighted by Crippen LogP contribution is 2.32. The van der Waals surface area contributed by atoms with Gasteiger partial charge in [-0.3, -0.25) is 10.1 Å². The average Bonchev–Trinajstić information content (AvgIpc) is 2.66. The van der Waals surface area contributed by atoms with Gasteiger partial charge in [0.25, 0.3) is 5.69 Å². The Morgan fingerprint density at radius 2 is 2.29 bits per heavy atom. The molecule has 0 radical (unpaired) electrons. The number of hydrogen-bond donors (Lipinski definition) is 0. The topological polar surface area (TPSA) is 59.5 Å². The molecule has 2 heterocycles. The lowest BCUT2D eigenvalue weighted by molar-refractivity contribution is -0.384. The second kappa shape index (κ2) is 3.56. The monoisotopic (exact) mass is 232 g/mol. The second-order valence-electron chi connectivity index (χ2n) is 4.43. The summed E-state index contributed by atoms with van der Waals surface area (Å²) < 4.78 is 5.72. The molecule has 1 aromatic heterocycles. The maximum atomic E-state index is 10.8. The van der Waals surface area contributed by atoms with Gasteiger partial charge in [-0.15, -0.1) is 0 Å². The van der Waals surface area contributed by atoms with E-state index in [0.717, 1.165) is 41.8 Å². The summed E-state index contributed by atoms with van der Waals surface area (Å²) in [5.41, 5.74) is 1.96. The number of hydrogen-bond acceptors (Lipinski definition) is 4. The van der Waals surface area contributed by atoms with Crippen LogP contribution in [0.2, 0.25) is 0 Å². The molecule has 1 aliphatic rings. The Kier molecular flexibility index (Phi) is 2.16. The lowest BCUT2D eigenvalue weighted by Gasteiger charge is -2.21. The summed E-state index contributed by atoms with van der Waals surface area (Å²) in [6, 6.07) is 4.78. The number of nitro benzene ring substituents is 1. The van der Waals surface area contributed by atoms with Gasteiger partial charge in [-0.05, 0) is 13.1 Å². The zero-order valence-corrected chi connectivity index (χ0v) is 9.47. The Hall–Kier alpha value is -1.88. The highest BCUT2D eigenvalue weighted by atomic mass is 16.6. The van der Waals surface area contributed by atoms with Gasteiger partial charge in [0, 0.05) is 42.6 Å². The standard InChI is InChI=1S/C12H12N2O3/c1-13-5-4-12-10(7-13)9-6-8(14(15)16)2-3-11(9)17-12/h2-3,6H,4-5,7H2,1H3. The number of fused-ring (bicyclic) bond motifs is 3. The first-order valence-electron chi connectivity index (χ1n) is 5.52. The highest BCUT2D eigenvalue weighted by molar-refractivity contribution is 5.84. The Morgan fingerprint density at radius 3 is 3.06 bits per heavy atom. The van der Waals surface area contributed by atoms with Gasteiger partial charge in [0.2, 0.25) is 0 Å². The van der Waals surface area contributed by atoms with Gasteiger partial charge in [0.1, 0.15) is 11.3 Å². The molecule has 5 heteroatoms. The molecule has 0 aliphatic carbocycles. The van der Waals surface area contributed by atoms with Crippen molar-refractivity contribution in [2.24, 2.45) is 0 Å². The van der Waals surface area contributed by atoms with Crippen LogP contribution in [-0.4, -0.2) is 23.4 Å². The van der Waals surface area contributed by atoms with Crippen LogP contribution in [0.15, 0.2) is 22.6 Å². The van der Waals surface area contributed by atoms with Crippen LogP contribution in [0, 0.1) is 10.1 Å². The summed E-state index contributed by atoms with van der Waals surface area (Å²) in [5.74, 6) is 0.971. The van der Waals surface area contributed by atoms with Gasteiger partial charge in [-0.1, -0.05) is 0 Å². The van der Waals surface area contributed by atoms with E-state index in [9.17, 15) is 10.1 Å². The molecule has 2 aromatic rings. The molecular weight excluding hydrogens is 220 g/mol. The normalized spacial score (nSPS) is 16.1. The van der Waals surface area contributed by atoms with Gasteiger partial charge < -0.3 is 9.32 Å². The van der Waals surface area contributed by atoms with E-state index in [0.29, 0.717) is 0 Å². The van der Waals surface area contributed by atoms with Crippen LogP contribution in [0.5, 0.6) is 0 Å². The summed E-state index contributed by atoms with van der Waals surface area (Å²) >= 11 is 0. The van der Waals surface area contributed by atoms with Gasteiger partial charge in [0.15, 0.2) is 0 Å². The maximum Gasteiger partial charge on any atom is 0.270 e. The molecule has 0 N–H and O–H groups in total. The summed E-state index contributed by atoms with van der Waals surface area (Å²) in [4.78, 5) is 12.6. The number of nitro groups is 1. The van der Waals surface area contributed by atoms with Crippen LogP contribution in [0.3, 0.4) is 0 Å². The molecule has 0 atom stereocenters. The molecule has 1 aliphatic heterocycles. The van der Waals surface area contributed by atoms with Crippen molar-refractivity contribution < 1.29 is 9.34 Å². The van der Waals surface area contributed by atoms with Gasteiger partial charge in [-0.25, -0.2) is 0 Å². The highest BCUT2D eigenvalue weighted by Gasteiger charge is 2.21. The zero-order valence-electron chi connectivity index (χ0n) is 9.47. The van der Waals surface area contributed by atoms with E-state index in [1.54, 1.807) is 12.1 Å². The first kappa shape index (κ1) is 10.3. The van der Waals surface area contributed by atoms with Crippen molar-refractivity contribution in [1.82, 2.24) is 4.90 Å². The third kappa shape index (κ3) is 1.59. The average molecular weight is 232 g/mol. The number of nitrogens with zero attached hydrogens (tertiary/aromatic N) is 2. The van der Waals surface area contributed by atoms with Gasteiger partial charge >= 0.3 is 0 Å². The van der Waals surface area contributed by atoms with Crippen LogP contribution in [-0.2, 0) is 13.0 Å². The molecule has 0 spiro atoms. The minimum Gasteiger partial charge on any atom is -0.461 e. The van der Waals surface area contributed by atoms with Crippen LogP contribution in [0.1, 0.15) is 11.3 Å². The van der Waals surface area contributed by atoms with E-state index in [-0.39, 0.29) is 10.6 Å². The van der Waals surface area contributed by atoms with E-state index in [2.05, 4.69) is 4.90 Å². The summed E-state index contributed by atoms with van der Waals surface area (Å²) in [6.45, 7) is 1.76. The van der Waals surface area contributed by atoms with Crippen molar-refractivity contribution in [1.29, 1.82) is 0 Å². The van der Waals surface area contributed by atoms with Crippen LogP contribution >= 0.6 is 0 Å². The number of benzene rings is 1. The molecule has 0 saturated heterocycles. The molecule has 5 nitrogen and oxygen atoms in total. The molecule has 0 amide bonds. The van der Waals surface area contributed by atoms with Crippen LogP contribution in [0.25, 0.3) is 11.0 Å². The van der Waals surface area contributed by atoms with E-state index < -0.39 is 0 Å². The van der Waals surface area contributed by atoms with E-state index in [1.165, 1.54) is 6.07 Å². The lowest BCUT2D eigenvalue weighted by Crippen LogP contribution is -2.25. The van der Waals surface area contributed by atoms with Crippen molar-refractivity contribution in [2.75, 3.05) is 13.6 Å². The third-order valence-corrected chi connectivity index (χ3v) is 3.22. The van der Waals surface area contributed by atoms with Gasteiger partial charge in [0.05, 0.1) is 4.92 Å². The summed E-state index contributed by atoms with van der Waals surface area (Å²) in [5, 5.41) is 11.6. The number of furan rings is 1. The predicted octanol–water partition coefficient (Wildman–Crippen LogP) is 2.33.